The van der Waals surface area contributed by atoms with Crippen LogP contribution in [0.5, 0.6) is 5.75 Å². The lowest BCUT2D eigenvalue weighted by Gasteiger charge is -2.35. The second kappa shape index (κ2) is 15.5. The van der Waals surface area contributed by atoms with Gasteiger partial charge in [0.15, 0.2) is 10.7 Å². The zero-order valence-corrected chi connectivity index (χ0v) is 30.0. The zero-order chi connectivity index (χ0) is 34.5. The van der Waals surface area contributed by atoms with Crippen LogP contribution in [-0.4, -0.2) is 93.8 Å². The molecule has 0 bridgehead atoms. The van der Waals surface area contributed by atoms with Crippen LogP contribution in [0, 0.1) is 19.8 Å². The van der Waals surface area contributed by atoms with E-state index in [1.165, 1.54) is 42.2 Å². The first-order valence-corrected chi connectivity index (χ1v) is 19.3. The summed E-state index contributed by atoms with van der Waals surface area (Å²) in [6.45, 7) is 8.70. The molecule has 0 saturated carbocycles. The number of aryl methyl sites for hydroxylation is 2. The number of aromatic nitrogens is 1. The molecule has 1 aromatic carbocycles. The number of fused-ring (bicyclic) bond motifs is 1. The lowest BCUT2D eigenvalue weighted by molar-refractivity contribution is -0.00832. The lowest BCUT2D eigenvalue weighted by atomic mass is 10.0. The summed E-state index contributed by atoms with van der Waals surface area (Å²) in [5.41, 5.74) is 0.431. The number of rotatable bonds is 9. The molecule has 0 aliphatic carbocycles. The summed E-state index contributed by atoms with van der Waals surface area (Å²) >= 11 is 1.14. The fourth-order valence-electron chi connectivity index (χ4n) is 5.43. The number of anilines is 1. The monoisotopic (exact) mass is 712 g/mol. The number of carbonyl (C=O) groups is 1. The van der Waals surface area contributed by atoms with Gasteiger partial charge in [-0.1, -0.05) is 18.1 Å². The number of nitrogens with zero attached hydrogens (tertiary/aromatic N) is 3. The molecule has 47 heavy (non-hydrogen) atoms. The van der Waals surface area contributed by atoms with Crippen molar-refractivity contribution in [2.75, 3.05) is 38.1 Å². The van der Waals surface area contributed by atoms with Crippen molar-refractivity contribution in [3.8, 4) is 5.75 Å². The van der Waals surface area contributed by atoms with Gasteiger partial charge in [-0.3, -0.25) is 9.52 Å². The van der Waals surface area contributed by atoms with Gasteiger partial charge in [0, 0.05) is 38.3 Å². The molecule has 0 radical (unpaired) electrons. The number of aliphatic hydroxyl groups excluding tert-OH is 1. The van der Waals surface area contributed by atoms with Crippen molar-refractivity contribution in [1.29, 1.82) is 0 Å². The summed E-state index contributed by atoms with van der Waals surface area (Å²) in [6, 6.07) is 7.10. The van der Waals surface area contributed by atoms with Crippen molar-refractivity contribution in [3.05, 3.63) is 52.7 Å². The number of sulfonamides is 2. The number of thiophene rings is 1. The lowest BCUT2D eigenvalue weighted by Crippen LogP contribution is -2.48. The first-order valence-electron chi connectivity index (χ1n) is 15.4. The van der Waals surface area contributed by atoms with E-state index in [0.717, 1.165) is 17.8 Å². The maximum absolute atomic E-state index is 14.3. The normalized spacial score (nSPS) is 21.1. The van der Waals surface area contributed by atoms with Crippen LogP contribution in [0.15, 0.2) is 49.3 Å². The molecule has 16 heteroatoms. The fourth-order valence-corrected chi connectivity index (χ4v) is 9.19. The van der Waals surface area contributed by atoms with Crippen LogP contribution in [0.4, 0.5) is 5.69 Å². The minimum Gasteiger partial charge on any atom is -0.490 e. The number of likely N-dealkylation sites (N-methyl/N-ethyl adjacent to an activating group) is 1. The molecule has 2 N–H and O–H groups in total. The molecule has 4 atom stereocenters. The fraction of sp³-hybridized carbons (Fsp3) is 0.548. The highest BCUT2D eigenvalue weighted by atomic mass is 32.2. The maximum atomic E-state index is 14.3. The Labute approximate surface area is 280 Å². The second-order valence-corrected chi connectivity index (χ2v) is 16.8. The van der Waals surface area contributed by atoms with Crippen molar-refractivity contribution < 1.29 is 40.7 Å². The molecular weight excluding hydrogens is 669 g/mol. The molecule has 2 aromatic heterocycles. The van der Waals surface area contributed by atoms with E-state index in [-0.39, 0.29) is 69.3 Å². The molecule has 1 aliphatic rings. The number of amides is 1. The number of hydrogen-bond acceptors (Lipinski definition) is 11. The van der Waals surface area contributed by atoms with Crippen LogP contribution in [0.3, 0.4) is 0 Å². The third kappa shape index (κ3) is 8.72. The van der Waals surface area contributed by atoms with Gasteiger partial charge in [-0.15, -0.1) is 11.3 Å². The standard InChI is InChI=1S/C31H44N4O9S3/c1-20-17-35(21(2)19-36)31(37)26-16-25(33-46(38,39)30-23(4)32-44-24(30)5)12-13-27(26)43-22(3)10-7-8-14-42-28(20)18-34(6)47(40,41)29-11-9-15-45-29/h9,11-13,15-16,20-22,28,33,36H,7-8,10,14,17-19H2,1-6H3/t20-,21+,22+,28+/m1/s1. The minimum absolute atomic E-state index is 0.0562. The summed E-state index contributed by atoms with van der Waals surface area (Å²) in [5.74, 6) is -0.447. The van der Waals surface area contributed by atoms with Gasteiger partial charge < -0.3 is 24.0 Å². The molecule has 1 aliphatic heterocycles. The summed E-state index contributed by atoms with van der Waals surface area (Å²) < 4.78 is 74.6. The number of ether oxygens (including phenoxy) is 2. The van der Waals surface area contributed by atoms with Gasteiger partial charge in [-0.2, -0.15) is 4.31 Å². The number of aliphatic hydroxyl groups is 1. The number of carbonyl (C=O) groups excluding carboxylic acids is 1. The van der Waals surface area contributed by atoms with Crippen LogP contribution in [-0.2, 0) is 24.8 Å². The van der Waals surface area contributed by atoms with Gasteiger partial charge in [0.25, 0.3) is 26.0 Å². The first-order chi connectivity index (χ1) is 22.1. The molecule has 3 heterocycles. The molecule has 4 rings (SSSR count). The quantitative estimate of drug-likeness (QED) is 0.327. The molecular formula is C31H44N4O9S3. The summed E-state index contributed by atoms with van der Waals surface area (Å²) in [5, 5.41) is 15.6. The second-order valence-electron chi connectivity index (χ2n) is 12.0. The first kappa shape index (κ1) is 36.8. The summed E-state index contributed by atoms with van der Waals surface area (Å²) in [7, 11) is -6.34. The van der Waals surface area contributed by atoms with E-state index in [9.17, 15) is 26.7 Å². The number of nitrogens with one attached hydrogen (secondary N) is 1. The van der Waals surface area contributed by atoms with E-state index in [1.807, 2.05) is 13.8 Å². The van der Waals surface area contributed by atoms with Gasteiger partial charge in [0.1, 0.15) is 15.7 Å². The Bertz CT molecular complexity index is 1710. The average molecular weight is 713 g/mol. The van der Waals surface area contributed by atoms with E-state index in [0.29, 0.717) is 19.4 Å². The third-order valence-corrected chi connectivity index (χ3v) is 13.0. The topological polar surface area (TPSA) is 169 Å². The predicted molar refractivity (Wildman–Crippen MR) is 178 cm³/mol. The Balaban J connectivity index is 1.69. The summed E-state index contributed by atoms with van der Waals surface area (Å²) in [4.78, 5) is 15.7. The summed E-state index contributed by atoms with van der Waals surface area (Å²) in [6.07, 6.45) is 1.28. The van der Waals surface area contributed by atoms with Gasteiger partial charge in [0.2, 0.25) is 0 Å². The highest BCUT2D eigenvalue weighted by molar-refractivity contribution is 7.92. The number of benzene rings is 1. The van der Waals surface area contributed by atoms with Crippen molar-refractivity contribution in [3.63, 3.8) is 0 Å². The number of hydrogen-bond donors (Lipinski definition) is 2. The molecule has 0 spiro atoms. The molecule has 1 amide bonds. The highest BCUT2D eigenvalue weighted by Crippen LogP contribution is 2.31. The maximum Gasteiger partial charge on any atom is 0.267 e. The molecule has 3 aromatic rings. The Morgan fingerprint density at radius 3 is 2.55 bits per heavy atom. The smallest absolute Gasteiger partial charge is 0.267 e. The largest absolute Gasteiger partial charge is 0.490 e. The van der Waals surface area contributed by atoms with Crippen molar-refractivity contribution in [2.45, 2.75) is 81.2 Å². The van der Waals surface area contributed by atoms with Crippen LogP contribution < -0.4 is 9.46 Å². The van der Waals surface area contributed by atoms with E-state index in [2.05, 4.69) is 9.88 Å². The zero-order valence-electron chi connectivity index (χ0n) is 27.5. The Hall–Kier alpha value is -3.02. The van der Waals surface area contributed by atoms with Crippen LogP contribution >= 0.6 is 11.3 Å². The van der Waals surface area contributed by atoms with E-state index in [4.69, 9.17) is 14.0 Å². The van der Waals surface area contributed by atoms with Gasteiger partial charge in [0.05, 0.1) is 30.4 Å². The van der Waals surface area contributed by atoms with E-state index < -0.39 is 38.1 Å². The molecule has 260 valence electrons. The Morgan fingerprint density at radius 1 is 1.17 bits per heavy atom. The molecule has 0 fully saturated rings. The van der Waals surface area contributed by atoms with E-state index in [1.54, 1.807) is 30.5 Å². The Kier molecular flexibility index (Phi) is 12.1. The van der Waals surface area contributed by atoms with Gasteiger partial charge >= 0.3 is 0 Å². The average Bonchev–Trinajstić information content (AvgIpc) is 3.69. The van der Waals surface area contributed by atoms with Crippen molar-refractivity contribution in [1.82, 2.24) is 14.4 Å². The van der Waals surface area contributed by atoms with Gasteiger partial charge in [-0.05, 0) is 76.6 Å². The van der Waals surface area contributed by atoms with Crippen LogP contribution in [0.25, 0.3) is 0 Å². The predicted octanol–water partition coefficient (Wildman–Crippen LogP) is 4.27. The van der Waals surface area contributed by atoms with E-state index >= 15 is 0 Å². The molecule has 0 unspecified atom stereocenters. The highest BCUT2D eigenvalue weighted by Gasteiger charge is 2.33. The SMILES string of the molecule is Cc1noc(C)c1S(=O)(=O)Nc1ccc2c(c1)C(=O)N([C@@H](C)CO)C[C@@H](C)[C@H](CN(C)S(=O)(=O)c1cccs1)OCCCC[C@H](C)O2. The van der Waals surface area contributed by atoms with Crippen molar-refractivity contribution in [2.24, 2.45) is 5.92 Å². The Morgan fingerprint density at radius 2 is 1.91 bits per heavy atom. The van der Waals surface area contributed by atoms with Crippen LogP contribution in [0.2, 0.25) is 0 Å². The van der Waals surface area contributed by atoms with Crippen LogP contribution in [0.1, 0.15) is 61.8 Å². The van der Waals surface area contributed by atoms with Gasteiger partial charge in [-0.25, -0.2) is 16.8 Å². The third-order valence-electron chi connectivity index (χ3n) is 8.14. The molecule has 13 nitrogen and oxygen atoms in total. The van der Waals surface area contributed by atoms with Crippen molar-refractivity contribution >= 4 is 43.0 Å². The molecule has 0 saturated heterocycles. The minimum atomic E-state index is -4.11.